The van der Waals surface area contributed by atoms with Gasteiger partial charge in [0.25, 0.3) is 5.24 Å². The molecule has 0 spiro atoms. The van der Waals surface area contributed by atoms with Crippen LogP contribution in [0, 0.1) is 0 Å². The normalized spacial score (nSPS) is 41.4. The standard InChI is InChI=1S/C8H13NO3S/c10-5-8-2-1-7(3-8,12-8)4-9-6(11)13/h10H,1-5H2,(H2,9,11,13). The van der Waals surface area contributed by atoms with Gasteiger partial charge in [-0.25, -0.2) is 0 Å². The lowest BCUT2D eigenvalue weighted by molar-refractivity contribution is -0.230. The van der Waals surface area contributed by atoms with E-state index in [-0.39, 0.29) is 23.0 Å². The van der Waals surface area contributed by atoms with Crippen molar-refractivity contribution in [3.63, 3.8) is 0 Å². The van der Waals surface area contributed by atoms with Gasteiger partial charge in [-0.1, -0.05) is 12.6 Å². The molecule has 4 nitrogen and oxygen atoms in total. The van der Waals surface area contributed by atoms with Crippen molar-refractivity contribution in [2.45, 2.75) is 30.5 Å². The van der Waals surface area contributed by atoms with Crippen molar-refractivity contribution in [1.29, 1.82) is 0 Å². The Bertz CT molecular complexity index is 238. The van der Waals surface area contributed by atoms with Crippen LogP contribution >= 0.6 is 12.6 Å². The summed E-state index contributed by atoms with van der Waals surface area (Å²) in [5.74, 6) is 0. The van der Waals surface area contributed by atoms with Crippen molar-refractivity contribution >= 4 is 17.9 Å². The van der Waals surface area contributed by atoms with E-state index < -0.39 is 0 Å². The Labute approximate surface area is 82.1 Å². The summed E-state index contributed by atoms with van der Waals surface area (Å²) >= 11 is 3.61. The first-order valence-corrected chi connectivity index (χ1v) is 4.82. The second-order valence-electron chi connectivity index (χ2n) is 3.96. The quantitative estimate of drug-likeness (QED) is 0.579. The Morgan fingerprint density at radius 1 is 1.54 bits per heavy atom. The molecule has 1 aliphatic carbocycles. The average Bonchev–Trinajstić information content (AvgIpc) is 2.55. The zero-order valence-corrected chi connectivity index (χ0v) is 8.14. The number of carbonyl (C=O) groups excluding carboxylic acids is 1. The van der Waals surface area contributed by atoms with E-state index in [9.17, 15) is 4.79 Å². The van der Waals surface area contributed by atoms with Gasteiger partial charge in [0.2, 0.25) is 0 Å². The van der Waals surface area contributed by atoms with Crippen LogP contribution in [0.1, 0.15) is 19.3 Å². The minimum Gasteiger partial charge on any atom is -0.393 e. The minimum atomic E-state index is -0.327. The number of hydrogen-bond donors (Lipinski definition) is 3. The van der Waals surface area contributed by atoms with Crippen molar-refractivity contribution in [2.75, 3.05) is 13.2 Å². The second-order valence-corrected chi connectivity index (χ2v) is 4.37. The number of aliphatic hydroxyl groups excluding tert-OH is 1. The fourth-order valence-corrected chi connectivity index (χ4v) is 2.44. The average molecular weight is 203 g/mol. The van der Waals surface area contributed by atoms with Crippen molar-refractivity contribution < 1.29 is 14.6 Å². The van der Waals surface area contributed by atoms with Crippen LogP contribution < -0.4 is 5.32 Å². The third kappa shape index (κ3) is 1.45. The van der Waals surface area contributed by atoms with Gasteiger partial charge in [0.05, 0.1) is 17.8 Å². The van der Waals surface area contributed by atoms with Gasteiger partial charge in [0.1, 0.15) is 0 Å². The highest BCUT2D eigenvalue weighted by Crippen LogP contribution is 2.54. The van der Waals surface area contributed by atoms with Gasteiger partial charge in [-0.2, -0.15) is 0 Å². The van der Waals surface area contributed by atoms with E-state index in [1.165, 1.54) is 0 Å². The number of fused-ring (bicyclic) bond motifs is 1. The molecule has 2 unspecified atom stereocenters. The molecule has 0 radical (unpaired) electrons. The molecule has 2 aliphatic heterocycles. The summed E-state index contributed by atoms with van der Waals surface area (Å²) in [7, 11) is 0. The van der Waals surface area contributed by atoms with Crippen LogP contribution in [0.4, 0.5) is 4.79 Å². The number of hydrogen-bond acceptors (Lipinski definition) is 3. The Kier molecular flexibility index (Phi) is 2.05. The molecule has 2 atom stereocenters. The monoisotopic (exact) mass is 203 g/mol. The highest BCUT2D eigenvalue weighted by molar-refractivity contribution is 7.96. The maximum Gasteiger partial charge on any atom is 0.276 e. The molecule has 0 aromatic carbocycles. The first-order chi connectivity index (χ1) is 6.10. The lowest BCUT2D eigenvalue weighted by atomic mass is 9.89. The Morgan fingerprint density at radius 2 is 2.15 bits per heavy atom. The summed E-state index contributed by atoms with van der Waals surface area (Å²) < 4.78 is 5.63. The lowest BCUT2D eigenvalue weighted by Gasteiger charge is -2.46. The number of ether oxygens (including phenoxy) is 1. The van der Waals surface area contributed by atoms with Crippen molar-refractivity contribution in [2.24, 2.45) is 0 Å². The zero-order valence-electron chi connectivity index (χ0n) is 7.25. The van der Waals surface area contributed by atoms with E-state index in [0.717, 1.165) is 19.3 Å². The Morgan fingerprint density at radius 3 is 2.62 bits per heavy atom. The van der Waals surface area contributed by atoms with Crippen LogP contribution in [0.25, 0.3) is 0 Å². The molecule has 74 valence electrons. The number of amides is 1. The Hall–Kier alpha value is -0.260. The van der Waals surface area contributed by atoms with E-state index in [1.807, 2.05) is 0 Å². The first kappa shape index (κ1) is 9.30. The summed E-state index contributed by atoms with van der Waals surface area (Å²) in [4.78, 5) is 10.6. The molecule has 2 N–H and O–H groups in total. The van der Waals surface area contributed by atoms with Crippen molar-refractivity contribution in [3.8, 4) is 0 Å². The van der Waals surface area contributed by atoms with Gasteiger partial charge < -0.3 is 15.2 Å². The molecule has 1 saturated carbocycles. The molecule has 0 aromatic heterocycles. The highest BCUT2D eigenvalue weighted by atomic mass is 32.1. The fourth-order valence-electron chi connectivity index (χ4n) is 2.36. The van der Waals surface area contributed by atoms with Gasteiger partial charge in [-0.05, 0) is 12.8 Å². The maximum absolute atomic E-state index is 10.6. The Balaban J connectivity index is 1.87. The van der Waals surface area contributed by atoms with Gasteiger partial charge in [0.15, 0.2) is 0 Å². The van der Waals surface area contributed by atoms with Crippen LogP contribution in [-0.4, -0.2) is 34.7 Å². The molecule has 5 heteroatoms. The first-order valence-electron chi connectivity index (χ1n) is 4.38. The number of rotatable bonds is 3. The number of aliphatic hydroxyl groups is 1. The molecule has 3 aliphatic rings. The largest absolute Gasteiger partial charge is 0.393 e. The van der Waals surface area contributed by atoms with Crippen molar-refractivity contribution in [3.05, 3.63) is 0 Å². The van der Waals surface area contributed by atoms with E-state index in [1.54, 1.807) is 0 Å². The third-order valence-corrected chi connectivity index (χ3v) is 3.12. The molecule has 3 rings (SSSR count). The van der Waals surface area contributed by atoms with Crippen molar-refractivity contribution in [1.82, 2.24) is 5.32 Å². The third-order valence-electron chi connectivity index (χ3n) is 2.96. The molecule has 1 amide bonds. The SMILES string of the molecule is O=C(S)NCC12CCC(CO)(C1)O2. The second kappa shape index (κ2) is 2.87. The summed E-state index contributed by atoms with van der Waals surface area (Å²) in [6.45, 7) is 0.598. The van der Waals surface area contributed by atoms with Gasteiger partial charge >= 0.3 is 0 Å². The summed E-state index contributed by atoms with van der Waals surface area (Å²) in [5, 5.41) is 11.3. The summed E-state index contributed by atoms with van der Waals surface area (Å²) in [5.41, 5.74) is -0.498. The van der Waals surface area contributed by atoms with Gasteiger partial charge in [-0.3, -0.25) is 4.79 Å². The molecule has 13 heavy (non-hydrogen) atoms. The summed E-state index contributed by atoms with van der Waals surface area (Å²) in [6.07, 6.45) is 2.66. The van der Waals surface area contributed by atoms with Crippen LogP contribution in [0.3, 0.4) is 0 Å². The van der Waals surface area contributed by atoms with E-state index >= 15 is 0 Å². The molecule has 0 aromatic rings. The molecule has 2 saturated heterocycles. The zero-order chi connectivity index (χ0) is 9.53. The summed E-state index contributed by atoms with van der Waals surface area (Å²) in [6, 6.07) is 0. The molecule has 2 bridgehead atoms. The van der Waals surface area contributed by atoms with E-state index in [0.29, 0.717) is 6.54 Å². The molecular weight excluding hydrogens is 190 g/mol. The number of thiol groups is 1. The lowest BCUT2D eigenvalue weighted by Crippen LogP contribution is -2.57. The van der Waals surface area contributed by atoms with Crippen LogP contribution in [0.15, 0.2) is 0 Å². The fraction of sp³-hybridized carbons (Fsp3) is 0.875. The number of nitrogens with one attached hydrogen (secondary N) is 1. The van der Waals surface area contributed by atoms with Crippen LogP contribution in [0.2, 0.25) is 0 Å². The molecule has 3 fully saturated rings. The topological polar surface area (TPSA) is 58.6 Å². The van der Waals surface area contributed by atoms with Gasteiger partial charge in [0, 0.05) is 13.0 Å². The van der Waals surface area contributed by atoms with Crippen LogP contribution in [0.5, 0.6) is 0 Å². The van der Waals surface area contributed by atoms with E-state index in [4.69, 9.17) is 9.84 Å². The minimum absolute atomic E-state index is 0.0869. The van der Waals surface area contributed by atoms with Crippen LogP contribution in [-0.2, 0) is 4.74 Å². The highest BCUT2D eigenvalue weighted by Gasteiger charge is 2.61. The smallest absolute Gasteiger partial charge is 0.276 e. The number of carbonyl (C=O) groups is 1. The predicted molar refractivity (Wildman–Crippen MR) is 49.9 cm³/mol. The molecular formula is C8H13NO3S. The van der Waals surface area contributed by atoms with Gasteiger partial charge in [-0.15, -0.1) is 0 Å². The molecule has 2 heterocycles. The van der Waals surface area contributed by atoms with E-state index in [2.05, 4.69) is 17.9 Å². The predicted octanol–water partition coefficient (Wildman–Crippen LogP) is 0.310. The maximum atomic E-state index is 10.6.